The average molecular weight is 275 g/mol. The van der Waals surface area contributed by atoms with E-state index in [4.69, 9.17) is 0 Å². The largest absolute Gasteiger partial charge is 0.356 e. The molecule has 1 heterocycles. The third-order valence-corrected chi connectivity index (χ3v) is 3.71. The van der Waals surface area contributed by atoms with Gasteiger partial charge in [0, 0.05) is 26.8 Å². The van der Waals surface area contributed by atoms with Gasteiger partial charge in [0.25, 0.3) is 0 Å². The van der Waals surface area contributed by atoms with Gasteiger partial charge in [-0.3, -0.25) is 9.67 Å². The van der Waals surface area contributed by atoms with Crippen molar-refractivity contribution >= 4 is 5.96 Å². The first-order valence-corrected chi connectivity index (χ1v) is 7.39. The lowest BCUT2D eigenvalue weighted by Crippen LogP contribution is -2.37. The monoisotopic (exact) mass is 275 g/mol. The Balaban J connectivity index is 1.70. The van der Waals surface area contributed by atoms with Gasteiger partial charge < -0.3 is 10.6 Å². The Hall–Kier alpha value is -1.78. The fourth-order valence-electron chi connectivity index (χ4n) is 2.44. The molecule has 0 unspecified atom stereocenters. The van der Waals surface area contributed by atoms with Crippen LogP contribution in [0.3, 0.4) is 0 Å². The molecule has 5 nitrogen and oxygen atoms in total. The molecular weight excluding hydrogens is 250 g/mol. The molecule has 0 saturated carbocycles. The summed E-state index contributed by atoms with van der Waals surface area (Å²) in [7, 11) is 3.75. The van der Waals surface area contributed by atoms with E-state index in [9.17, 15) is 0 Å². The number of allylic oxidation sites excluding steroid dienone is 1. The summed E-state index contributed by atoms with van der Waals surface area (Å²) in [5.74, 6) is 0.850. The van der Waals surface area contributed by atoms with E-state index in [1.807, 2.05) is 24.0 Å². The van der Waals surface area contributed by atoms with Gasteiger partial charge in [-0.25, -0.2) is 0 Å². The molecule has 0 spiro atoms. The van der Waals surface area contributed by atoms with Crippen LogP contribution in [0.1, 0.15) is 37.8 Å². The van der Waals surface area contributed by atoms with Gasteiger partial charge in [-0.05, 0) is 38.2 Å². The smallest absolute Gasteiger partial charge is 0.191 e. The number of nitrogens with zero attached hydrogens (tertiary/aromatic N) is 3. The topological polar surface area (TPSA) is 54.2 Å². The quantitative estimate of drug-likeness (QED) is 0.491. The zero-order chi connectivity index (χ0) is 14.2. The highest BCUT2D eigenvalue weighted by molar-refractivity contribution is 5.79. The second-order valence-corrected chi connectivity index (χ2v) is 5.16. The molecule has 0 atom stereocenters. The number of aromatic nitrogens is 2. The van der Waals surface area contributed by atoms with Crippen molar-refractivity contribution in [3.63, 3.8) is 0 Å². The Morgan fingerprint density at radius 3 is 2.95 bits per heavy atom. The number of hydrogen-bond acceptors (Lipinski definition) is 2. The molecule has 110 valence electrons. The van der Waals surface area contributed by atoms with E-state index in [-0.39, 0.29) is 0 Å². The number of rotatable bonds is 5. The van der Waals surface area contributed by atoms with Crippen LogP contribution in [-0.4, -0.2) is 29.3 Å². The maximum absolute atomic E-state index is 4.25. The van der Waals surface area contributed by atoms with Crippen LogP contribution in [-0.2, 0) is 13.6 Å². The lowest BCUT2D eigenvalue weighted by molar-refractivity contribution is 0.660. The predicted molar refractivity (Wildman–Crippen MR) is 82.6 cm³/mol. The molecule has 0 aromatic carbocycles. The van der Waals surface area contributed by atoms with Crippen LogP contribution in [0.15, 0.2) is 28.9 Å². The van der Waals surface area contributed by atoms with Crippen molar-refractivity contribution in [3.8, 4) is 0 Å². The number of aryl methyl sites for hydroxylation is 1. The summed E-state index contributed by atoms with van der Waals surface area (Å²) in [5.41, 5.74) is 2.73. The lowest BCUT2D eigenvalue weighted by Gasteiger charge is -2.15. The zero-order valence-electron chi connectivity index (χ0n) is 12.5. The lowest BCUT2D eigenvalue weighted by atomic mass is 9.97. The number of guanidine groups is 1. The Kier molecular flexibility index (Phi) is 5.65. The molecule has 1 aromatic heterocycles. The standard InChI is InChI=1S/C15H25N5/c1-16-15(18-12-14-9-11-19-20(14)2)17-10-8-13-6-4-3-5-7-13/h6,9,11H,3-5,7-8,10,12H2,1-2H3,(H2,16,17,18). The van der Waals surface area contributed by atoms with E-state index in [1.54, 1.807) is 12.6 Å². The van der Waals surface area contributed by atoms with Crippen molar-refractivity contribution in [1.82, 2.24) is 20.4 Å². The van der Waals surface area contributed by atoms with Crippen molar-refractivity contribution in [2.24, 2.45) is 12.0 Å². The number of nitrogens with one attached hydrogen (secondary N) is 2. The third kappa shape index (κ3) is 4.40. The Morgan fingerprint density at radius 1 is 1.40 bits per heavy atom. The van der Waals surface area contributed by atoms with Crippen LogP contribution in [0.2, 0.25) is 0 Å². The Labute approximate surface area is 121 Å². The molecule has 0 saturated heterocycles. The minimum Gasteiger partial charge on any atom is -0.356 e. The third-order valence-electron chi connectivity index (χ3n) is 3.71. The Morgan fingerprint density at radius 2 is 2.30 bits per heavy atom. The molecule has 0 amide bonds. The summed E-state index contributed by atoms with van der Waals surface area (Å²) < 4.78 is 1.87. The van der Waals surface area contributed by atoms with E-state index in [0.717, 1.165) is 31.2 Å². The van der Waals surface area contributed by atoms with Gasteiger partial charge >= 0.3 is 0 Å². The highest BCUT2D eigenvalue weighted by Crippen LogP contribution is 2.19. The molecule has 0 radical (unpaired) electrons. The second-order valence-electron chi connectivity index (χ2n) is 5.16. The van der Waals surface area contributed by atoms with Crippen LogP contribution in [0.4, 0.5) is 0 Å². The molecule has 0 fully saturated rings. The van der Waals surface area contributed by atoms with Crippen LogP contribution in [0, 0.1) is 0 Å². The van der Waals surface area contributed by atoms with Crippen molar-refractivity contribution in [2.75, 3.05) is 13.6 Å². The predicted octanol–water partition coefficient (Wildman–Crippen LogP) is 1.98. The first-order chi connectivity index (χ1) is 9.79. The van der Waals surface area contributed by atoms with Crippen molar-refractivity contribution in [2.45, 2.75) is 38.6 Å². The average Bonchev–Trinajstić information content (AvgIpc) is 2.89. The maximum atomic E-state index is 4.25. The molecule has 1 aromatic rings. The van der Waals surface area contributed by atoms with Gasteiger partial charge in [0.05, 0.1) is 12.2 Å². The molecular formula is C15H25N5. The fraction of sp³-hybridized carbons (Fsp3) is 0.600. The summed E-state index contributed by atoms with van der Waals surface area (Å²) in [6, 6.07) is 2.01. The molecule has 2 N–H and O–H groups in total. The van der Waals surface area contributed by atoms with E-state index in [1.165, 1.54) is 25.7 Å². The van der Waals surface area contributed by atoms with E-state index in [0.29, 0.717) is 0 Å². The zero-order valence-corrected chi connectivity index (χ0v) is 12.5. The first kappa shape index (κ1) is 14.6. The van der Waals surface area contributed by atoms with Crippen LogP contribution in [0.25, 0.3) is 0 Å². The van der Waals surface area contributed by atoms with Gasteiger partial charge in [-0.2, -0.15) is 5.10 Å². The van der Waals surface area contributed by atoms with Gasteiger partial charge in [0.2, 0.25) is 0 Å². The summed E-state index contributed by atoms with van der Waals surface area (Å²) in [6.45, 7) is 1.68. The first-order valence-electron chi connectivity index (χ1n) is 7.39. The van der Waals surface area contributed by atoms with Gasteiger partial charge in [0.1, 0.15) is 0 Å². The molecule has 1 aliphatic rings. The van der Waals surface area contributed by atoms with Crippen molar-refractivity contribution in [1.29, 1.82) is 0 Å². The summed E-state index contributed by atoms with van der Waals surface area (Å²) in [4.78, 5) is 4.25. The molecule has 0 aliphatic heterocycles. The van der Waals surface area contributed by atoms with E-state index < -0.39 is 0 Å². The minimum absolute atomic E-state index is 0.735. The molecule has 0 bridgehead atoms. The summed E-state index contributed by atoms with van der Waals surface area (Å²) in [5, 5.41) is 10.8. The molecule has 2 rings (SSSR count). The molecule has 20 heavy (non-hydrogen) atoms. The highest BCUT2D eigenvalue weighted by atomic mass is 15.3. The summed E-state index contributed by atoms with van der Waals surface area (Å²) in [6.07, 6.45) is 10.5. The van der Waals surface area contributed by atoms with Crippen LogP contribution >= 0.6 is 0 Å². The van der Waals surface area contributed by atoms with Gasteiger partial charge in [0.15, 0.2) is 5.96 Å². The van der Waals surface area contributed by atoms with E-state index in [2.05, 4.69) is 26.8 Å². The van der Waals surface area contributed by atoms with Crippen LogP contribution < -0.4 is 10.6 Å². The fourth-order valence-corrected chi connectivity index (χ4v) is 2.44. The van der Waals surface area contributed by atoms with Crippen molar-refractivity contribution in [3.05, 3.63) is 29.6 Å². The highest BCUT2D eigenvalue weighted by Gasteiger charge is 2.04. The molecule has 1 aliphatic carbocycles. The maximum Gasteiger partial charge on any atom is 0.191 e. The summed E-state index contributed by atoms with van der Waals surface area (Å²) >= 11 is 0. The number of aliphatic imine (C=N–C) groups is 1. The number of hydrogen-bond donors (Lipinski definition) is 2. The normalized spacial score (nSPS) is 15.9. The van der Waals surface area contributed by atoms with Gasteiger partial charge in [-0.1, -0.05) is 11.6 Å². The van der Waals surface area contributed by atoms with Crippen LogP contribution in [0.5, 0.6) is 0 Å². The SMILES string of the molecule is CN=C(NCCC1=CCCCC1)NCc1ccnn1C. The van der Waals surface area contributed by atoms with Gasteiger partial charge in [-0.15, -0.1) is 0 Å². The minimum atomic E-state index is 0.735. The molecule has 5 heteroatoms. The Bertz CT molecular complexity index is 472. The van der Waals surface area contributed by atoms with Crippen molar-refractivity contribution < 1.29 is 0 Å². The second kappa shape index (κ2) is 7.72. The van der Waals surface area contributed by atoms with E-state index >= 15 is 0 Å².